The molecule has 1 aromatic heterocycles. The molecule has 2 aliphatic rings. The van der Waals surface area contributed by atoms with Crippen molar-refractivity contribution >= 4 is 91.5 Å². The summed E-state index contributed by atoms with van der Waals surface area (Å²) in [5.74, 6) is -1.62. The van der Waals surface area contributed by atoms with Crippen LogP contribution in [0.2, 0.25) is 5.02 Å². The summed E-state index contributed by atoms with van der Waals surface area (Å²) < 4.78 is 2.75. The molecule has 0 saturated carbocycles. The van der Waals surface area contributed by atoms with Gasteiger partial charge in [0.25, 0.3) is 11.5 Å². The van der Waals surface area contributed by atoms with Crippen molar-refractivity contribution in [3.05, 3.63) is 53.9 Å². The second-order valence-electron chi connectivity index (χ2n) is 12.6. The van der Waals surface area contributed by atoms with Crippen LogP contribution in [0.25, 0.3) is 11.0 Å². The molecule has 12 heteroatoms. The Hall–Kier alpha value is -2.05. The molecule has 7 nitrogen and oxygen atoms in total. The van der Waals surface area contributed by atoms with Crippen LogP contribution in [0.5, 0.6) is 0 Å². The van der Waals surface area contributed by atoms with Crippen molar-refractivity contribution < 1.29 is 14.7 Å². The Morgan fingerprint density at radius 3 is 2.00 bits per heavy atom. The highest BCUT2D eigenvalue weighted by Crippen LogP contribution is 2.47. The maximum Gasteiger partial charge on any atom is 0.323 e. The van der Waals surface area contributed by atoms with E-state index in [9.17, 15) is 19.5 Å². The molecule has 0 bridgehead atoms. The lowest BCUT2D eigenvalue weighted by molar-refractivity contribution is -0.140. The largest absolute Gasteiger partial charge is 0.480 e. The molecule has 0 aliphatic carbocycles. The van der Waals surface area contributed by atoms with Crippen LogP contribution >= 0.6 is 58.7 Å². The van der Waals surface area contributed by atoms with E-state index in [-0.39, 0.29) is 9.88 Å². The smallest absolute Gasteiger partial charge is 0.323 e. The molecule has 49 heavy (non-hydrogen) atoms. The molecule has 1 saturated heterocycles. The van der Waals surface area contributed by atoms with Crippen molar-refractivity contribution in [1.82, 2.24) is 9.47 Å². The molecule has 1 N–H and O–H groups in total. The van der Waals surface area contributed by atoms with E-state index in [1.54, 1.807) is 16.3 Å². The van der Waals surface area contributed by atoms with Crippen molar-refractivity contribution in [2.75, 3.05) is 18.0 Å². The Morgan fingerprint density at radius 1 is 0.837 bits per heavy atom. The van der Waals surface area contributed by atoms with Crippen LogP contribution in [0.1, 0.15) is 117 Å². The maximum atomic E-state index is 13.4. The number of hydrogen-bond acceptors (Lipinski definition) is 8. The van der Waals surface area contributed by atoms with Crippen molar-refractivity contribution in [2.24, 2.45) is 0 Å². The van der Waals surface area contributed by atoms with Crippen molar-refractivity contribution in [1.29, 1.82) is 0 Å². The molecule has 1 aromatic carbocycles. The summed E-state index contributed by atoms with van der Waals surface area (Å²) in [6.45, 7) is 4.87. The molecule has 2 aliphatic heterocycles. The lowest BCUT2D eigenvalue weighted by atomic mass is 10.0. The van der Waals surface area contributed by atoms with E-state index in [4.69, 9.17) is 23.8 Å². The lowest BCUT2D eigenvalue weighted by Crippen LogP contribution is -2.35. The number of allylic oxidation sites excluding steroid dienone is 1. The summed E-state index contributed by atoms with van der Waals surface area (Å²) in [5.41, 5.74) is 0.905. The third-order valence-electron chi connectivity index (χ3n) is 8.87. The van der Waals surface area contributed by atoms with Gasteiger partial charge in [-0.15, -0.1) is 11.3 Å². The van der Waals surface area contributed by atoms with Gasteiger partial charge in [-0.05, 0) is 43.7 Å². The zero-order valence-corrected chi connectivity index (χ0v) is 32.9. The molecule has 0 unspecified atom stereocenters. The number of anilines is 1. The fraction of sp³-hybridized carbons (Fsp3) is 0.568. The van der Waals surface area contributed by atoms with E-state index in [0.29, 0.717) is 25.7 Å². The first-order valence-corrected chi connectivity index (χ1v) is 21.1. The minimum atomic E-state index is -1.14. The van der Waals surface area contributed by atoms with E-state index in [2.05, 4.69) is 11.8 Å². The van der Waals surface area contributed by atoms with Crippen molar-refractivity contribution in [2.45, 2.75) is 128 Å². The Morgan fingerprint density at radius 2 is 1.43 bits per heavy atom. The number of thiocarbonyl (C=S) groups is 1. The lowest BCUT2D eigenvalue weighted by Gasteiger charge is -2.20. The number of carbonyl (C=O) groups excluding carboxylic acids is 1. The van der Waals surface area contributed by atoms with Gasteiger partial charge in [0.1, 0.15) is 20.4 Å². The number of unbranched alkanes of at least 4 members (excludes halogenated alkanes) is 15. The number of benzene rings is 1. The van der Waals surface area contributed by atoms with Crippen LogP contribution in [-0.2, 0) is 16.1 Å². The number of aromatic nitrogens is 1. The summed E-state index contributed by atoms with van der Waals surface area (Å²) in [4.78, 5) is 42.5. The second kappa shape index (κ2) is 20.7. The van der Waals surface area contributed by atoms with E-state index in [1.165, 1.54) is 108 Å². The molecule has 2 aromatic rings. The highest BCUT2D eigenvalue weighted by molar-refractivity contribution is 8.30. The van der Waals surface area contributed by atoms with Gasteiger partial charge in [-0.25, -0.2) is 0 Å². The monoisotopic (exact) mass is 763 g/mol. The Kier molecular flexibility index (Phi) is 16.8. The van der Waals surface area contributed by atoms with Gasteiger partial charge in [0.15, 0.2) is 0 Å². The van der Waals surface area contributed by atoms with Crippen molar-refractivity contribution in [3.8, 4) is 0 Å². The van der Waals surface area contributed by atoms with Crippen molar-refractivity contribution in [3.63, 3.8) is 0 Å². The summed E-state index contributed by atoms with van der Waals surface area (Å²) in [7, 11) is 0. The average molecular weight is 765 g/mol. The van der Waals surface area contributed by atoms with Gasteiger partial charge in [0.05, 0.1) is 15.2 Å². The zero-order valence-electron chi connectivity index (χ0n) is 28.8. The molecular formula is C37H50ClN3O4S4. The number of carboxylic acid groups (broad SMARTS) is 1. The van der Waals surface area contributed by atoms with E-state index in [1.807, 2.05) is 37.3 Å². The molecule has 0 radical (unpaired) electrons. The molecule has 4 rings (SSSR count). The number of rotatable bonds is 21. The van der Waals surface area contributed by atoms with E-state index < -0.39 is 18.4 Å². The molecule has 1 amide bonds. The fourth-order valence-electron chi connectivity index (χ4n) is 6.18. The number of halogens is 1. The minimum absolute atomic E-state index is 0.182. The highest BCUT2D eigenvalue weighted by Gasteiger charge is 2.35. The number of amides is 1. The Labute approximate surface area is 313 Å². The Balaban J connectivity index is 1.33. The van der Waals surface area contributed by atoms with Crippen LogP contribution in [0.3, 0.4) is 0 Å². The number of carboxylic acids is 1. The van der Waals surface area contributed by atoms with Gasteiger partial charge in [0.2, 0.25) is 0 Å². The van der Waals surface area contributed by atoms with E-state index >= 15 is 0 Å². The maximum absolute atomic E-state index is 13.4. The number of aliphatic carboxylic acids is 1. The third kappa shape index (κ3) is 11.5. The number of thiazole rings is 1. The van der Waals surface area contributed by atoms with Crippen LogP contribution < -0.4 is 19.7 Å². The normalized spacial score (nSPS) is 16.9. The summed E-state index contributed by atoms with van der Waals surface area (Å²) in [6, 6.07) is 5.96. The second-order valence-corrected chi connectivity index (χ2v) is 16.8. The molecule has 0 spiro atoms. The predicted molar refractivity (Wildman–Crippen MR) is 213 cm³/mol. The molecule has 1 fully saturated rings. The summed E-state index contributed by atoms with van der Waals surface area (Å²) in [6.07, 6.45) is 25.1. The van der Waals surface area contributed by atoms with Gasteiger partial charge >= 0.3 is 5.97 Å². The van der Waals surface area contributed by atoms with Gasteiger partial charge in [0, 0.05) is 23.0 Å². The standard InChI is InChI=1S/C37H50ClN3O4S4/c1-3-5-6-7-8-9-10-11-12-13-14-15-16-17-18-19-24-40-28-25-27(38)20-21-29(28)47-31(40)23-22-30-34(44)39(4-2)36(48-30)33-35(45)41(26-32(42)43)37(46)49-33/h20-23,25H,3-19,24,26H2,1-2H3,(H,42,43)/b30-22?,31-23?,36-33-. The first-order valence-electron chi connectivity index (χ1n) is 17.9. The molecule has 268 valence electrons. The first-order chi connectivity index (χ1) is 23.7. The van der Waals surface area contributed by atoms with Gasteiger partial charge < -0.3 is 10.0 Å². The molecule has 0 atom stereocenters. The van der Waals surface area contributed by atoms with Crippen LogP contribution in [0.15, 0.2) is 39.0 Å². The summed E-state index contributed by atoms with van der Waals surface area (Å²) in [5, 5.41) is 10.9. The van der Waals surface area contributed by atoms with E-state index in [0.717, 1.165) is 45.2 Å². The van der Waals surface area contributed by atoms with Crippen LogP contribution in [0, 0.1) is 0 Å². The summed E-state index contributed by atoms with van der Waals surface area (Å²) >= 11 is 15.6. The fourth-order valence-corrected chi connectivity index (χ4v) is 9.94. The average Bonchev–Trinajstić information content (AvgIpc) is 3.68. The number of thioether (sulfide) groups is 2. The number of carbonyl (C=O) groups is 2. The van der Waals surface area contributed by atoms with Gasteiger partial charge in [-0.3, -0.25) is 23.9 Å². The SMILES string of the molecule is CCCCCCCCCCCCCCCCCCN1C(=CC=c2s/c(=C3\SC(=S)N(CC(=O)O)C3=O)n(CC)c2=O)Sc2ccc(Cl)cc21. The minimum Gasteiger partial charge on any atom is -0.480 e. The van der Waals surface area contributed by atoms with Gasteiger partial charge in [-0.1, -0.05) is 151 Å². The number of nitrogens with zero attached hydrogens (tertiary/aromatic N) is 3. The molecule has 3 heterocycles. The number of hydrogen-bond donors (Lipinski definition) is 1. The first kappa shape index (κ1) is 39.7. The third-order valence-corrected chi connectivity index (χ3v) is 12.9. The predicted octanol–water partition coefficient (Wildman–Crippen LogP) is 9.13. The topological polar surface area (TPSA) is 82.8 Å². The quantitative estimate of drug-likeness (QED) is 0.0997. The highest BCUT2D eigenvalue weighted by atomic mass is 35.5. The Bertz CT molecular complexity index is 1670. The number of fused-ring (bicyclic) bond motifs is 1. The van der Waals surface area contributed by atoms with Crippen LogP contribution in [-0.4, -0.2) is 43.9 Å². The zero-order chi connectivity index (χ0) is 35.2. The van der Waals surface area contributed by atoms with Gasteiger partial charge in [-0.2, -0.15) is 0 Å². The van der Waals surface area contributed by atoms with Crippen LogP contribution in [0.4, 0.5) is 5.69 Å². The molecular weight excluding hydrogens is 714 g/mol.